The van der Waals surface area contributed by atoms with Crippen LogP contribution in [0.2, 0.25) is 0 Å². The quantitative estimate of drug-likeness (QED) is 0.699. The molecule has 110 valence electrons. The Morgan fingerprint density at radius 2 is 2.11 bits per heavy atom. The zero-order chi connectivity index (χ0) is 14.5. The minimum absolute atomic E-state index is 0.123. The van der Waals surface area contributed by atoms with Crippen molar-refractivity contribution in [3.05, 3.63) is 0 Å². The first-order valence-electron chi connectivity index (χ1n) is 6.70. The van der Waals surface area contributed by atoms with Gasteiger partial charge in [0.25, 0.3) is 0 Å². The van der Waals surface area contributed by atoms with Crippen molar-refractivity contribution in [1.82, 2.24) is 10.6 Å². The number of carbonyl (C=O) groups excluding carboxylic acids is 1. The Balaban J connectivity index is 2.33. The highest BCUT2D eigenvalue weighted by Gasteiger charge is 2.32. The van der Waals surface area contributed by atoms with Crippen LogP contribution < -0.4 is 10.6 Å². The van der Waals surface area contributed by atoms with Crippen LogP contribution in [0.15, 0.2) is 0 Å². The van der Waals surface area contributed by atoms with E-state index in [9.17, 15) is 9.59 Å². The highest BCUT2D eigenvalue weighted by molar-refractivity contribution is 8.00. The summed E-state index contributed by atoms with van der Waals surface area (Å²) in [6.07, 6.45) is 2.79. The van der Waals surface area contributed by atoms with Crippen LogP contribution in [-0.4, -0.2) is 40.7 Å². The van der Waals surface area contributed by atoms with Crippen molar-refractivity contribution in [2.45, 2.75) is 44.8 Å². The normalized spacial score (nSPS) is 25.6. The molecule has 1 aliphatic heterocycles. The second-order valence-electron chi connectivity index (χ2n) is 5.66. The molecule has 6 heteroatoms. The molecule has 0 spiro atoms. The van der Waals surface area contributed by atoms with Gasteiger partial charge < -0.3 is 15.7 Å². The maximum Gasteiger partial charge on any atom is 0.314 e. The summed E-state index contributed by atoms with van der Waals surface area (Å²) in [5.41, 5.74) is -0.899. The van der Waals surface area contributed by atoms with Crippen LogP contribution in [0, 0.1) is 5.41 Å². The van der Waals surface area contributed by atoms with Gasteiger partial charge in [-0.25, -0.2) is 4.79 Å². The van der Waals surface area contributed by atoms with Crippen molar-refractivity contribution in [3.63, 3.8) is 0 Å². The number of urea groups is 1. The van der Waals surface area contributed by atoms with Gasteiger partial charge in [0.1, 0.15) is 0 Å². The van der Waals surface area contributed by atoms with Gasteiger partial charge in [-0.3, -0.25) is 4.79 Å². The van der Waals surface area contributed by atoms with Gasteiger partial charge in [0.2, 0.25) is 0 Å². The third-order valence-electron chi connectivity index (χ3n) is 3.86. The largest absolute Gasteiger partial charge is 0.481 e. The molecule has 0 aromatic carbocycles. The summed E-state index contributed by atoms with van der Waals surface area (Å²) in [7, 11) is 0. The van der Waals surface area contributed by atoms with E-state index >= 15 is 0 Å². The van der Waals surface area contributed by atoms with E-state index in [1.54, 1.807) is 6.92 Å². The Hall–Kier alpha value is -0.910. The molecule has 2 amide bonds. The molecule has 0 bridgehead atoms. The van der Waals surface area contributed by atoms with Crippen LogP contribution in [-0.2, 0) is 4.79 Å². The number of rotatable bonds is 6. The number of amides is 2. The fourth-order valence-electron chi connectivity index (χ4n) is 1.93. The Bertz CT molecular complexity index is 343. The van der Waals surface area contributed by atoms with Gasteiger partial charge in [0.15, 0.2) is 0 Å². The number of aliphatic carboxylic acids is 1. The van der Waals surface area contributed by atoms with Crippen LogP contribution in [0.1, 0.15) is 40.0 Å². The van der Waals surface area contributed by atoms with Gasteiger partial charge in [-0.15, -0.1) is 0 Å². The third-order valence-corrected chi connectivity index (χ3v) is 5.40. The Morgan fingerprint density at radius 1 is 1.42 bits per heavy atom. The molecule has 5 nitrogen and oxygen atoms in total. The van der Waals surface area contributed by atoms with Crippen LogP contribution >= 0.6 is 11.8 Å². The average Bonchev–Trinajstić information content (AvgIpc) is 2.80. The predicted octanol–water partition coefficient (Wildman–Crippen LogP) is 2.07. The fourth-order valence-corrected chi connectivity index (χ4v) is 3.18. The van der Waals surface area contributed by atoms with Gasteiger partial charge in [-0.2, -0.15) is 11.8 Å². The molecule has 0 aromatic heterocycles. The maximum atomic E-state index is 11.7. The molecular weight excluding hydrogens is 264 g/mol. The topological polar surface area (TPSA) is 78.4 Å². The molecule has 0 aromatic rings. The zero-order valence-corrected chi connectivity index (χ0v) is 12.7. The van der Waals surface area contributed by atoms with E-state index in [0.29, 0.717) is 13.0 Å². The molecule has 1 aliphatic rings. The molecule has 1 saturated heterocycles. The second kappa shape index (κ2) is 6.50. The molecule has 0 radical (unpaired) electrons. The summed E-state index contributed by atoms with van der Waals surface area (Å²) < 4.78 is 0.123. The van der Waals surface area contributed by atoms with E-state index in [1.165, 1.54) is 6.42 Å². The van der Waals surface area contributed by atoms with E-state index in [0.717, 1.165) is 12.2 Å². The summed E-state index contributed by atoms with van der Waals surface area (Å²) in [6, 6.07) is -0.283. The molecule has 1 rings (SSSR count). The highest BCUT2D eigenvalue weighted by atomic mass is 32.2. The average molecular weight is 288 g/mol. The summed E-state index contributed by atoms with van der Waals surface area (Å²) in [6.45, 7) is 6.37. The fraction of sp³-hybridized carbons (Fsp3) is 0.846. The van der Waals surface area contributed by atoms with Gasteiger partial charge in [0, 0.05) is 17.8 Å². The lowest BCUT2D eigenvalue weighted by Gasteiger charge is -2.25. The number of hydrogen-bond acceptors (Lipinski definition) is 3. The zero-order valence-electron chi connectivity index (χ0n) is 11.9. The van der Waals surface area contributed by atoms with Gasteiger partial charge in [0.05, 0.1) is 5.41 Å². The first-order chi connectivity index (χ1) is 8.81. The summed E-state index contributed by atoms with van der Waals surface area (Å²) in [5.74, 6) is 0.265. The number of thioether (sulfide) groups is 1. The minimum atomic E-state index is -0.899. The summed E-state index contributed by atoms with van der Waals surface area (Å²) >= 11 is 1.88. The molecule has 0 aliphatic carbocycles. The van der Waals surface area contributed by atoms with E-state index in [-0.39, 0.29) is 17.3 Å². The van der Waals surface area contributed by atoms with Gasteiger partial charge in [-0.1, -0.05) is 6.92 Å². The Labute approximate surface area is 118 Å². The van der Waals surface area contributed by atoms with Crippen LogP contribution in [0.4, 0.5) is 4.79 Å². The summed E-state index contributed by atoms with van der Waals surface area (Å²) in [5, 5.41) is 14.6. The van der Waals surface area contributed by atoms with Crippen molar-refractivity contribution < 1.29 is 14.7 Å². The van der Waals surface area contributed by atoms with Crippen LogP contribution in [0.3, 0.4) is 0 Å². The molecule has 2 unspecified atom stereocenters. The number of carboxylic acid groups (broad SMARTS) is 1. The molecule has 0 saturated carbocycles. The number of carboxylic acids is 1. The molecule has 1 fully saturated rings. The predicted molar refractivity (Wildman–Crippen MR) is 77.5 cm³/mol. The van der Waals surface area contributed by atoms with Crippen LogP contribution in [0.25, 0.3) is 0 Å². The maximum absolute atomic E-state index is 11.7. The molecule has 1 heterocycles. The number of nitrogens with one attached hydrogen (secondary N) is 2. The monoisotopic (exact) mass is 288 g/mol. The Morgan fingerprint density at radius 3 is 2.58 bits per heavy atom. The Kier molecular flexibility index (Phi) is 5.52. The third kappa shape index (κ3) is 4.60. The SMILES string of the molecule is CCC(C)(CNC(=O)NCC1(C)CCCS1)C(=O)O. The molecule has 3 N–H and O–H groups in total. The first kappa shape index (κ1) is 16.1. The summed E-state index contributed by atoms with van der Waals surface area (Å²) in [4.78, 5) is 22.8. The van der Waals surface area contributed by atoms with E-state index in [1.807, 2.05) is 18.7 Å². The molecule has 19 heavy (non-hydrogen) atoms. The van der Waals surface area contributed by atoms with E-state index < -0.39 is 11.4 Å². The van der Waals surface area contributed by atoms with Crippen molar-refractivity contribution >= 4 is 23.8 Å². The van der Waals surface area contributed by atoms with Crippen molar-refractivity contribution in [3.8, 4) is 0 Å². The van der Waals surface area contributed by atoms with Crippen molar-refractivity contribution in [2.75, 3.05) is 18.8 Å². The lowest BCUT2D eigenvalue weighted by Crippen LogP contribution is -2.47. The standard InChI is InChI=1S/C13H24N2O3S/c1-4-12(2,10(16)17)8-14-11(18)15-9-13(3)6-5-7-19-13/h4-9H2,1-3H3,(H,16,17)(H2,14,15,18). The van der Waals surface area contributed by atoms with Crippen molar-refractivity contribution in [1.29, 1.82) is 0 Å². The van der Waals surface area contributed by atoms with Gasteiger partial charge >= 0.3 is 12.0 Å². The molecule has 2 atom stereocenters. The van der Waals surface area contributed by atoms with Crippen LogP contribution in [0.5, 0.6) is 0 Å². The lowest BCUT2D eigenvalue weighted by molar-refractivity contribution is -0.147. The molecular formula is C13H24N2O3S. The number of carbonyl (C=O) groups is 2. The lowest BCUT2D eigenvalue weighted by atomic mass is 9.88. The highest BCUT2D eigenvalue weighted by Crippen LogP contribution is 2.36. The second-order valence-corrected chi connectivity index (χ2v) is 7.34. The number of hydrogen-bond donors (Lipinski definition) is 3. The first-order valence-corrected chi connectivity index (χ1v) is 7.69. The van der Waals surface area contributed by atoms with Crippen molar-refractivity contribution in [2.24, 2.45) is 5.41 Å². The van der Waals surface area contributed by atoms with E-state index in [2.05, 4.69) is 17.6 Å². The smallest absolute Gasteiger partial charge is 0.314 e. The minimum Gasteiger partial charge on any atom is -0.481 e. The van der Waals surface area contributed by atoms with Gasteiger partial charge in [-0.05, 0) is 38.9 Å². The van der Waals surface area contributed by atoms with E-state index in [4.69, 9.17) is 5.11 Å².